The summed E-state index contributed by atoms with van der Waals surface area (Å²) in [4.78, 5) is 3.09. The molecule has 1 aromatic carbocycles. The molecule has 0 N–H and O–H groups in total. The maximum atomic E-state index is 13.8. The third-order valence-corrected chi connectivity index (χ3v) is 8.83. The van der Waals surface area contributed by atoms with Gasteiger partial charge in [-0.3, -0.25) is 4.90 Å². The fraction of sp³-hybridized carbons (Fsp3) is 0.474. The highest BCUT2D eigenvalue weighted by atomic mass is 32.2. The molecule has 8 heteroatoms. The molecule has 2 aromatic rings. The molecule has 2 fully saturated rings. The van der Waals surface area contributed by atoms with Crippen LogP contribution in [0.3, 0.4) is 0 Å². The van der Waals surface area contributed by atoms with Crippen LogP contribution in [0.25, 0.3) is 10.4 Å². The molecule has 0 amide bonds. The molecule has 1 aromatic heterocycles. The smallest absolute Gasteiger partial charge is 0.252 e. The molecule has 5 nitrogen and oxygen atoms in total. The molecule has 4 rings (SSSR count). The largest absolute Gasteiger partial charge is 0.378 e. The lowest BCUT2D eigenvalue weighted by molar-refractivity contribution is -0.0634. The summed E-state index contributed by atoms with van der Waals surface area (Å²) in [6.45, 7) is 6.73. The van der Waals surface area contributed by atoms with Crippen LogP contribution in [0.5, 0.6) is 0 Å². The Morgan fingerprint density at radius 2 is 2.00 bits per heavy atom. The molecule has 2 saturated heterocycles. The molecule has 0 aliphatic carbocycles. The number of sulfonamides is 1. The Morgan fingerprint density at radius 1 is 1.19 bits per heavy atom. The SMILES string of the molecule is Cc1ccc(-c2ccc(S(=O)(=O)N3CCN4[C@@H](COC[C@@H]4C)C3)s2)cc1F. The topological polar surface area (TPSA) is 49.9 Å². The molecule has 0 spiro atoms. The van der Waals surface area contributed by atoms with E-state index in [0.717, 1.165) is 11.4 Å². The summed E-state index contributed by atoms with van der Waals surface area (Å²) in [5, 5.41) is 0. The average molecular weight is 411 g/mol. The van der Waals surface area contributed by atoms with Gasteiger partial charge in [0.05, 0.1) is 13.2 Å². The van der Waals surface area contributed by atoms with Gasteiger partial charge in [-0.2, -0.15) is 4.31 Å². The molecule has 0 radical (unpaired) electrons. The Morgan fingerprint density at radius 3 is 2.78 bits per heavy atom. The van der Waals surface area contributed by atoms with E-state index in [1.165, 1.54) is 17.4 Å². The van der Waals surface area contributed by atoms with Crippen molar-refractivity contribution < 1.29 is 17.5 Å². The van der Waals surface area contributed by atoms with E-state index in [1.54, 1.807) is 29.4 Å². The van der Waals surface area contributed by atoms with E-state index < -0.39 is 10.0 Å². The maximum Gasteiger partial charge on any atom is 0.252 e. The summed E-state index contributed by atoms with van der Waals surface area (Å²) < 4.78 is 47.5. The average Bonchev–Trinajstić information content (AvgIpc) is 3.15. The second kappa shape index (κ2) is 7.25. The summed E-state index contributed by atoms with van der Waals surface area (Å²) in [5.74, 6) is -0.284. The third-order valence-electron chi connectivity index (χ3n) is 5.36. The van der Waals surface area contributed by atoms with Gasteiger partial charge in [0.15, 0.2) is 0 Å². The normalized spacial score (nSPS) is 24.7. The van der Waals surface area contributed by atoms with Crippen LogP contribution in [0.2, 0.25) is 0 Å². The number of nitrogens with zero attached hydrogens (tertiary/aromatic N) is 2. The number of halogens is 1. The molecule has 146 valence electrons. The van der Waals surface area contributed by atoms with Crippen LogP contribution in [-0.4, -0.2) is 62.6 Å². The van der Waals surface area contributed by atoms with E-state index in [9.17, 15) is 12.8 Å². The number of aryl methyl sites for hydroxylation is 1. The standard InChI is InChI=1S/C19H23FN2O3S2/c1-13-3-4-15(9-17(13)20)18-5-6-19(26-18)27(23,24)21-7-8-22-14(2)11-25-12-16(22)10-21/h3-6,9,14,16H,7-8,10-12H2,1-2H3/t14-,16+/m0/s1. The summed E-state index contributed by atoms with van der Waals surface area (Å²) >= 11 is 1.19. The minimum atomic E-state index is -3.56. The van der Waals surface area contributed by atoms with Crippen LogP contribution in [0.4, 0.5) is 4.39 Å². The molecule has 27 heavy (non-hydrogen) atoms. The Hall–Kier alpha value is -1.32. The van der Waals surface area contributed by atoms with Crippen molar-refractivity contribution in [1.29, 1.82) is 0 Å². The van der Waals surface area contributed by atoms with E-state index in [0.29, 0.717) is 47.7 Å². The highest BCUT2D eigenvalue weighted by Crippen LogP contribution is 2.34. The van der Waals surface area contributed by atoms with Crippen molar-refractivity contribution in [2.45, 2.75) is 30.1 Å². The summed E-state index contributed by atoms with van der Waals surface area (Å²) in [6, 6.07) is 8.78. The van der Waals surface area contributed by atoms with Gasteiger partial charge in [0.25, 0.3) is 10.0 Å². The van der Waals surface area contributed by atoms with E-state index in [4.69, 9.17) is 4.74 Å². The molecular weight excluding hydrogens is 387 g/mol. The number of thiophene rings is 1. The van der Waals surface area contributed by atoms with Gasteiger partial charge in [0.1, 0.15) is 10.0 Å². The van der Waals surface area contributed by atoms with Crippen LogP contribution < -0.4 is 0 Å². The molecule has 2 aliphatic rings. The number of fused-ring (bicyclic) bond motifs is 1. The predicted molar refractivity (Wildman–Crippen MR) is 104 cm³/mol. The van der Waals surface area contributed by atoms with E-state index in [2.05, 4.69) is 11.8 Å². The fourth-order valence-electron chi connectivity index (χ4n) is 3.75. The van der Waals surface area contributed by atoms with Crippen LogP contribution in [-0.2, 0) is 14.8 Å². The van der Waals surface area contributed by atoms with Crippen molar-refractivity contribution in [2.75, 3.05) is 32.8 Å². The molecule has 0 saturated carbocycles. The minimum Gasteiger partial charge on any atom is -0.378 e. The van der Waals surface area contributed by atoms with Gasteiger partial charge in [-0.25, -0.2) is 12.8 Å². The van der Waals surface area contributed by atoms with Crippen LogP contribution in [0, 0.1) is 12.7 Å². The molecule has 2 atom stereocenters. The minimum absolute atomic E-state index is 0.0999. The van der Waals surface area contributed by atoms with E-state index in [-0.39, 0.29) is 11.9 Å². The van der Waals surface area contributed by atoms with Gasteiger partial charge >= 0.3 is 0 Å². The predicted octanol–water partition coefficient (Wildman–Crippen LogP) is 2.96. The maximum absolute atomic E-state index is 13.8. The number of ether oxygens (including phenoxy) is 1. The lowest BCUT2D eigenvalue weighted by Gasteiger charge is -2.46. The second-order valence-corrected chi connectivity index (χ2v) is 10.5. The van der Waals surface area contributed by atoms with Crippen molar-refractivity contribution in [2.24, 2.45) is 0 Å². The lowest BCUT2D eigenvalue weighted by atomic mass is 10.1. The summed E-state index contributed by atoms with van der Waals surface area (Å²) in [5.41, 5.74) is 1.27. The zero-order valence-corrected chi connectivity index (χ0v) is 17.0. The van der Waals surface area contributed by atoms with Gasteiger partial charge in [-0.1, -0.05) is 12.1 Å². The number of piperazine rings is 1. The van der Waals surface area contributed by atoms with Gasteiger partial charge in [-0.15, -0.1) is 11.3 Å². The Kier molecular flexibility index (Phi) is 5.11. The number of benzene rings is 1. The first-order chi connectivity index (χ1) is 12.9. The Labute approximate surface area is 163 Å². The first-order valence-corrected chi connectivity index (χ1v) is 11.3. The number of hydrogen-bond acceptors (Lipinski definition) is 5. The molecule has 0 bridgehead atoms. The molecule has 2 aliphatic heterocycles. The van der Waals surface area contributed by atoms with Crippen LogP contribution >= 0.6 is 11.3 Å². The van der Waals surface area contributed by atoms with Crippen molar-refractivity contribution >= 4 is 21.4 Å². The zero-order valence-electron chi connectivity index (χ0n) is 15.4. The lowest BCUT2D eigenvalue weighted by Crippen LogP contribution is -2.61. The number of morpholine rings is 1. The Balaban J connectivity index is 1.56. The molecule has 3 heterocycles. The van der Waals surface area contributed by atoms with Gasteiger partial charge in [0.2, 0.25) is 0 Å². The Bertz CT molecular complexity index is 944. The monoisotopic (exact) mass is 410 g/mol. The highest BCUT2D eigenvalue weighted by Gasteiger charge is 2.38. The first-order valence-electron chi connectivity index (χ1n) is 9.06. The molecule has 0 unspecified atom stereocenters. The zero-order chi connectivity index (χ0) is 19.2. The van der Waals surface area contributed by atoms with Crippen molar-refractivity contribution in [3.63, 3.8) is 0 Å². The van der Waals surface area contributed by atoms with Gasteiger partial charge < -0.3 is 4.74 Å². The van der Waals surface area contributed by atoms with Gasteiger partial charge in [-0.05, 0) is 43.2 Å². The van der Waals surface area contributed by atoms with Crippen LogP contribution in [0.1, 0.15) is 12.5 Å². The van der Waals surface area contributed by atoms with E-state index >= 15 is 0 Å². The first kappa shape index (κ1) is 19.0. The van der Waals surface area contributed by atoms with Crippen molar-refractivity contribution in [3.05, 3.63) is 41.7 Å². The molecular formula is C19H23FN2O3S2. The summed E-state index contributed by atoms with van der Waals surface area (Å²) in [7, 11) is -3.56. The highest BCUT2D eigenvalue weighted by molar-refractivity contribution is 7.91. The number of rotatable bonds is 3. The van der Waals surface area contributed by atoms with Crippen LogP contribution in [0.15, 0.2) is 34.5 Å². The third kappa shape index (κ3) is 3.56. The van der Waals surface area contributed by atoms with E-state index in [1.807, 2.05) is 6.07 Å². The van der Waals surface area contributed by atoms with Gasteiger partial charge in [0, 0.05) is 36.6 Å². The number of hydrogen-bond donors (Lipinski definition) is 0. The quantitative estimate of drug-likeness (QED) is 0.781. The second-order valence-electron chi connectivity index (χ2n) is 7.22. The summed E-state index contributed by atoms with van der Waals surface area (Å²) in [6.07, 6.45) is 0. The van der Waals surface area contributed by atoms with Crippen molar-refractivity contribution in [3.8, 4) is 10.4 Å². The van der Waals surface area contributed by atoms with Crippen molar-refractivity contribution in [1.82, 2.24) is 9.21 Å². The fourth-order valence-corrected chi connectivity index (χ4v) is 6.67.